The number of nitrogens with one attached hydrogen (secondary N) is 2. The Bertz CT molecular complexity index is 909. The molecule has 1 atom stereocenters. The van der Waals surface area contributed by atoms with Gasteiger partial charge >= 0.3 is 0 Å². The van der Waals surface area contributed by atoms with Gasteiger partial charge in [0.05, 0.1) is 5.69 Å². The first-order valence-electron chi connectivity index (χ1n) is 8.76. The van der Waals surface area contributed by atoms with Gasteiger partial charge in [0.15, 0.2) is 11.7 Å². The summed E-state index contributed by atoms with van der Waals surface area (Å²) in [4.78, 5) is 28.8. The van der Waals surface area contributed by atoms with E-state index in [-0.39, 0.29) is 18.3 Å². The van der Waals surface area contributed by atoms with Crippen molar-refractivity contribution >= 4 is 23.4 Å². The second kappa shape index (κ2) is 8.85. The van der Waals surface area contributed by atoms with Crippen molar-refractivity contribution in [3.05, 3.63) is 72.5 Å². The summed E-state index contributed by atoms with van der Waals surface area (Å²) in [5.41, 5.74) is 1.55. The first-order chi connectivity index (χ1) is 13.6. The Hall–Kier alpha value is -3.61. The molecule has 0 spiro atoms. The van der Waals surface area contributed by atoms with Gasteiger partial charge in [-0.1, -0.05) is 49.0 Å². The molecule has 3 rings (SSSR count). The lowest BCUT2D eigenvalue weighted by atomic mass is 10.1. The summed E-state index contributed by atoms with van der Waals surface area (Å²) < 4.78 is 11.1. The zero-order valence-electron chi connectivity index (χ0n) is 15.5. The molecule has 2 aromatic carbocycles. The lowest BCUT2D eigenvalue weighted by Gasteiger charge is -2.16. The molecule has 144 valence electrons. The van der Waals surface area contributed by atoms with E-state index < -0.39 is 11.9 Å². The SMILES string of the molecule is C=C(OC(Cc1ccccc1)=NC)C(=O)N[C@H]1COc2ccccc2NC1=O. The zero-order chi connectivity index (χ0) is 19.9. The van der Waals surface area contributed by atoms with E-state index in [0.717, 1.165) is 5.56 Å². The van der Waals surface area contributed by atoms with Gasteiger partial charge in [-0.05, 0) is 17.7 Å². The molecule has 1 heterocycles. The summed E-state index contributed by atoms with van der Waals surface area (Å²) in [5.74, 6) is -0.235. The minimum absolute atomic E-state index is 0.000601. The van der Waals surface area contributed by atoms with Crippen LogP contribution in [0.4, 0.5) is 5.69 Å². The van der Waals surface area contributed by atoms with Crippen molar-refractivity contribution in [3.8, 4) is 5.75 Å². The highest BCUT2D eigenvalue weighted by molar-refractivity contribution is 6.02. The number of carbonyl (C=O) groups excluding carboxylic acids is 2. The average molecular weight is 379 g/mol. The molecule has 0 saturated carbocycles. The van der Waals surface area contributed by atoms with Gasteiger partial charge in [0.25, 0.3) is 11.8 Å². The fourth-order valence-corrected chi connectivity index (χ4v) is 2.63. The van der Waals surface area contributed by atoms with Gasteiger partial charge in [0.1, 0.15) is 18.4 Å². The van der Waals surface area contributed by atoms with Gasteiger partial charge in [-0.2, -0.15) is 0 Å². The number of anilines is 1. The molecule has 0 radical (unpaired) electrons. The second-order valence-electron chi connectivity index (χ2n) is 6.13. The zero-order valence-corrected chi connectivity index (χ0v) is 15.5. The van der Waals surface area contributed by atoms with Crippen molar-refractivity contribution < 1.29 is 19.1 Å². The number of hydrogen-bond acceptors (Lipinski definition) is 5. The van der Waals surface area contributed by atoms with E-state index in [2.05, 4.69) is 22.2 Å². The maximum Gasteiger partial charge on any atom is 0.287 e. The number of benzene rings is 2. The van der Waals surface area contributed by atoms with Crippen molar-refractivity contribution in [2.24, 2.45) is 4.99 Å². The Morgan fingerprint density at radius 3 is 2.71 bits per heavy atom. The van der Waals surface area contributed by atoms with E-state index in [4.69, 9.17) is 9.47 Å². The number of carbonyl (C=O) groups is 2. The largest absolute Gasteiger partial charge is 0.489 e. The van der Waals surface area contributed by atoms with Crippen LogP contribution in [0.3, 0.4) is 0 Å². The first kappa shape index (κ1) is 19.2. The predicted octanol–water partition coefficient (Wildman–Crippen LogP) is 2.30. The van der Waals surface area contributed by atoms with E-state index in [1.54, 1.807) is 31.3 Å². The third-order valence-electron chi connectivity index (χ3n) is 4.11. The highest BCUT2D eigenvalue weighted by Gasteiger charge is 2.27. The number of ether oxygens (including phenoxy) is 2. The van der Waals surface area contributed by atoms with Crippen molar-refractivity contribution in [2.45, 2.75) is 12.5 Å². The number of amides is 2. The molecule has 1 aliphatic rings. The second-order valence-corrected chi connectivity index (χ2v) is 6.13. The Labute approximate surface area is 163 Å². The minimum Gasteiger partial charge on any atom is -0.489 e. The molecule has 0 saturated heterocycles. The number of rotatable bonds is 5. The maximum atomic E-state index is 12.4. The molecule has 2 aromatic rings. The van der Waals surface area contributed by atoms with E-state index in [0.29, 0.717) is 23.8 Å². The Morgan fingerprint density at radius 2 is 1.96 bits per heavy atom. The lowest BCUT2D eigenvalue weighted by molar-refractivity contribution is -0.126. The van der Waals surface area contributed by atoms with Crippen LogP contribution in [0.15, 0.2) is 71.9 Å². The molecule has 0 bridgehead atoms. The van der Waals surface area contributed by atoms with Crippen LogP contribution in [-0.4, -0.2) is 37.4 Å². The van der Waals surface area contributed by atoms with Gasteiger partial charge in [-0.25, -0.2) is 0 Å². The molecule has 7 nitrogen and oxygen atoms in total. The molecule has 0 aromatic heterocycles. The van der Waals surface area contributed by atoms with Gasteiger partial charge in [-0.3, -0.25) is 14.6 Å². The summed E-state index contributed by atoms with van der Waals surface area (Å²) in [6.45, 7) is 3.65. The van der Waals surface area contributed by atoms with Crippen LogP contribution in [0.5, 0.6) is 5.75 Å². The van der Waals surface area contributed by atoms with Crippen LogP contribution < -0.4 is 15.4 Å². The molecule has 2 N–H and O–H groups in total. The molecular weight excluding hydrogens is 358 g/mol. The Balaban J connectivity index is 1.58. The summed E-state index contributed by atoms with van der Waals surface area (Å²) >= 11 is 0. The normalized spacial score (nSPS) is 16.1. The quantitative estimate of drug-likeness (QED) is 0.361. The smallest absolute Gasteiger partial charge is 0.287 e. The number of hydrogen-bond donors (Lipinski definition) is 2. The monoisotopic (exact) mass is 379 g/mol. The third kappa shape index (κ3) is 4.76. The van der Waals surface area contributed by atoms with Crippen molar-refractivity contribution in [2.75, 3.05) is 19.0 Å². The van der Waals surface area contributed by atoms with Gasteiger partial charge in [0, 0.05) is 13.5 Å². The van der Waals surface area contributed by atoms with Gasteiger partial charge in [0.2, 0.25) is 0 Å². The molecule has 28 heavy (non-hydrogen) atoms. The maximum absolute atomic E-state index is 12.4. The molecule has 1 aliphatic heterocycles. The highest BCUT2D eigenvalue weighted by atomic mass is 16.5. The number of fused-ring (bicyclic) bond motifs is 1. The van der Waals surface area contributed by atoms with Crippen LogP contribution >= 0.6 is 0 Å². The molecule has 7 heteroatoms. The number of aliphatic imine (C=N–C) groups is 1. The molecule has 0 fully saturated rings. The van der Waals surface area contributed by atoms with Crippen LogP contribution in [0.2, 0.25) is 0 Å². The first-order valence-corrected chi connectivity index (χ1v) is 8.76. The van der Waals surface area contributed by atoms with Crippen LogP contribution in [0, 0.1) is 0 Å². The molecular formula is C21H21N3O4. The van der Waals surface area contributed by atoms with Crippen LogP contribution in [0.25, 0.3) is 0 Å². The summed E-state index contributed by atoms with van der Waals surface area (Å²) in [7, 11) is 1.58. The molecule has 0 aliphatic carbocycles. The summed E-state index contributed by atoms with van der Waals surface area (Å²) in [5, 5.41) is 5.31. The van der Waals surface area contributed by atoms with Crippen molar-refractivity contribution in [1.29, 1.82) is 0 Å². The van der Waals surface area contributed by atoms with Gasteiger partial charge < -0.3 is 20.1 Å². The predicted molar refractivity (Wildman–Crippen MR) is 106 cm³/mol. The van der Waals surface area contributed by atoms with Crippen molar-refractivity contribution in [3.63, 3.8) is 0 Å². The minimum atomic E-state index is -0.878. The van der Waals surface area contributed by atoms with E-state index in [1.165, 1.54) is 0 Å². The van der Waals surface area contributed by atoms with Crippen LogP contribution in [0.1, 0.15) is 5.56 Å². The molecule has 0 unspecified atom stereocenters. The van der Waals surface area contributed by atoms with Gasteiger partial charge in [-0.15, -0.1) is 0 Å². The fraction of sp³-hybridized carbons (Fsp3) is 0.190. The van der Waals surface area contributed by atoms with Crippen molar-refractivity contribution in [1.82, 2.24) is 5.32 Å². The van der Waals surface area contributed by atoms with E-state index in [9.17, 15) is 9.59 Å². The van der Waals surface area contributed by atoms with E-state index in [1.807, 2.05) is 30.3 Å². The number of para-hydroxylation sites is 2. The third-order valence-corrected chi connectivity index (χ3v) is 4.11. The fourth-order valence-electron chi connectivity index (χ4n) is 2.63. The lowest BCUT2D eigenvalue weighted by Crippen LogP contribution is -2.47. The topological polar surface area (TPSA) is 89.0 Å². The molecule has 2 amide bonds. The standard InChI is InChI=1S/C21H21N3O4/c1-14(28-19(22-2)12-15-8-4-3-5-9-15)20(25)24-17-13-27-18-11-7-6-10-16(18)23-21(17)26/h3-11,17H,1,12-13H2,2H3,(H,23,26)(H,24,25)/t17-/m0/s1. The average Bonchev–Trinajstić information content (AvgIpc) is 2.86. The highest BCUT2D eigenvalue weighted by Crippen LogP contribution is 2.26. The Kier molecular flexibility index (Phi) is 6.06. The summed E-state index contributed by atoms with van der Waals surface area (Å²) in [6, 6.07) is 15.8. The van der Waals surface area contributed by atoms with Crippen LogP contribution in [-0.2, 0) is 20.7 Å². The summed E-state index contributed by atoms with van der Waals surface area (Å²) in [6.07, 6.45) is 0.423. The Morgan fingerprint density at radius 1 is 1.25 bits per heavy atom. The van der Waals surface area contributed by atoms with E-state index >= 15 is 0 Å². The number of nitrogens with zero attached hydrogens (tertiary/aromatic N) is 1.